The van der Waals surface area contributed by atoms with Gasteiger partial charge in [0.25, 0.3) is 0 Å². The summed E-state index contributed by atoms with van der Waals surface area (Å²) in [5.41, 5.74) is 1.55. The van der Waals surface area contributed by atoms with Crippen LogP contribution >= 0.6 is 38.5 Å². The Bertz CT molecular complexity index is 755. The first-order valence-corrected chi connectivity index (χ1v) is 9.61. The quantitative estimate of drug-likeness (QED) is 0.535. The van der Waals surface area contributed by atoms with Gasteiger partial charge in [0, 0.05) is 6.54 Å². The summed E-state index contributed by atoms with van der Waals surface area (Å²) in [5.74, 6) is 0. The van der Waals surface area contributed by atoms with Gasteiger partial charge >= 0.3 is 6.09 Å². The SMILES string of the molecule is CC(C)(C)OC(=O)N1CCn2nc(Br)c(I)c2C1c1ccccc1. The Labute approximate surface area is 163 Å². The summed E-state index contributed by atoms with van der Waals surface area (Å²) in [4.78, 5) is 14.6. The molecule has 0 saturated heterocycles. The highest BCUT2D eigenvalue weighted by atomic mass is 127. The first kappa shape index (κ1) is 17.7. The number of halogens is 2. The molecule has 1 aliphatic heterocycles. The Morgan fingerprint density at radius 3 is 2.58 bits per heavy atom. The number of ether oxygens (including phenoxy) is 1. The Kier molecular flexibility index (Phi) is 4.92. The van der Waals surface area contributed by atoms with Crippen LogP contribution in [-0.2, 0) is 11.3 Å². The van der Waals surface area contributed by atoms with E-state index in [4.69, 9.17) is 4.74 Å². The number of amides is 1. The third-order valence-electron chi connectivity index (χ3n) is 3.76. The minimum Gasteiger partial charge on any atom is -0.444 e. The molecule has 1 amide bonds. The number of hydrogen-bond donors (Lipinski definition) is 0. The molecule has 0 aliphatic carbocycles. The number of benzene rings is 1. The highest BCUT2D eigenvalue weighted by Crippen LogP contribution is 2.38. The fourth-order valence-corrected chi connectivity index (χ4v) is 3.90. The van der Waals surface area contributed by atoms with Crippen molar-refractivity contribution in [2.45, 2.75) is 39.0 Å². The van der Waals surface area contributed by atoms with Crippen LogP contribution in [0.25, 0.3) is 0 Å². The van der Waals surface area contributed by atoms with Crippen molar-refractivity contribution in [1.82, 2.24) is 14.7 Å². The molecule has 2 aromatic rings. The molecule has 1 atom stereocenters. The second kappa shape index (κ2) is 6.67. The minimum absolute atomic E-state index is 0.208. The van der Waals surface area contributed by atoms with Crippen LogP contribution in [0.15, 0.2) is 34.9 Å². The van der Waals surface area contributed by atoms with Crippen molar-refractivity contribution in [2.75, 3.05) is 6.54 Å². The van der Waals surface area contributed by atoms with E-state index < -0.39 is 5.60 Å². The first-order chi connectivity index (χ1) is 11.3. The van der Waals surface area contributed by atoms with Crippen molar-refractivity contribution in [2.24, 2.45) is 0 Å². The standard InChI is InChI=1S/C17H19BrIN3O2/c1-17(2,3)24-16(23)21-9-10-22-14(12(19)15(18)20-22)13(21)11-7-5-4-6-8-11/h4-8,13H,9-10H2,1-3H3. The zero-order chi connectivity index (χ0) is 17.5. The van der Waals surface area contributed by atoms with Crippen molar-refractivity contribution in [3.8, 4) is 0 Å². The largest absolute Gasteiger partial charge is 0.444 e. The van der Waals surface area contributed by atoms with Crippen LogP contribution in [-0.4, -0.2) is 32.9 Å². The number of carbonyl (C=O) groups is 1. The molecule has 0 bridgehead atoms. The highest BCUT2D eigenvalue weighted by Gasteiger charge is 2.37. The maximum atomic E-state index is 12.8. The molecule has 1 aromatic carbocycles. The second-order valence-corrected chi connectivity index (χ2v) is 8.53. The van der Waals surface area contributed by atoms with E-state index in [0.29, 0.717) is 13.1 Å². The molecule has 0 saturated carbocycles. The lowest BCUT2D eigenvalue weighted by Gasteiger charge is -2.37. The van der Waals surface area contributed by atoms with Crippen molar-refractivity contribution < 1.29 is 9.53 Å². The molecule has 1 aliphatic rings. The fourth-order valence-electron chi connectivity index (χ4n) is 2.82. The molecule has 3 rings (SSSR count). The van der Waals surface area contributed by atoms with Gasteiger partial charge in [-0.3, -0.25) is 9.58 Å². The number of carbonyl (C=O) groups excluding carboxylic acids is 1. The third kappa shape index (κ3) is 3.46. The molecule has 1 unspecified atom stereocenters. The summed E-state index contributed by atoms with van der Waals surface area (Å²) in [6.07, 6.45) is -0.296. The number of fused-ring (bicyclic) bond motifs is 1. The molecular formula is C17H19BrIN3O2. The van der Waals surface area contributed by atoms with Gasteiger partial charge in [-0.2, -0.15) is 5.10 Å². The maximum Gasteiger partial charge on any atom is 0.411 e. The number of rotatable bonds is 1. The van der Waals surface area contributed by atoms with Gasteiger partial charge < -0.3 is 4.74 Å². The first-order valence-electron chi connectivity index (χ1n) is 7.74. The summed E-state index contributed by atoms with van der Waals surface area (Å²) in [5, 5.41) is 4.54. The smallest absolute Gasteiger partial charge is 0.411 e. The summed E-state index contributed by atoms with van der Waals surface area (Å²) in [6, 6.07) is 9.81. The Hall–Kier alpha value is -1.09. The molecule has 0 radical (unpaired) electrons. The van der Waals surface area contributed by atoms with E-state index in [1.165, 1.54) is 0 Å². The predicted molar refractivity (Wildman–Crippen MR) is 104 cm³/mol. The van der Waals surface area contributed by atoms with Gasteiger partial charge in [0.15, 0.2) is 0 Å². The molecule has 128 valence electrons. The second-order valence-electron chi connectivity index (χ2n) is 6.70. The van der Waals surface area contributed by atoms with Gasteiger partial charge in [0.05, 0.1) is 15.8 Å². The summed E-state index contributed by atoms with van der Waals surface area (Å²) in [6.45, 7) is 6.87. The zero-order valence-electron chi connectivity index (χ0n) is 13.8. The molecule has 1 aromatic heterocycles. The zero-order valence-corrected chi connectivity index (χ0v) is 17.5. The Morgan fingerprint density at radius 2 is 1.96 bits per heavy atom. The van der Waals surface area contributed by atoms with Crippen LogP contribution in [0.1, 0.15) is 38.1 Å². The van der Waals surface area contributed by atoms with Crippen LogP contribution in [0, 0.1) is 3.57 Å². The molecule has 0 N–H and O–H groups in total. The summed E-state index contributed by atoms with van der Waals surface area (Å²) < 4.78 is 9.44. The average molecular weight is 504 g/mol. The van der Waals surface area contributed by atoms with E-state index in [-0.39, 0.29) is 12.1 Å². The lowest BCUT2D eigenvalue weighted by molar-refractivity contribution is 0.0141. The average Bonchev–Trinajstić information content (AvgIpc) is 2.80. The molecule has 24 heavy (non-hydrogen) atoms. The van der Waals surface area contributed by atoms with E-state index in [1.807, 2.05) is 55.8 Å². The molecule has 0 spiro atoms. The van der Waals surface area contributed by atoms with Crippen LogP contribution in [0.4, 0.5) is 4.79 Å². The Morgan fingerprint density at radius 1 is 1.29 bits per heavy atom. The lowest BCUT2D eigenvalue weighted by atomic mass is 10.0. The fraction of sp³-hybridized carbons (Fsp3) is 0.412. The van der Waals surface area contributed by atoms with Crippen LogP contribution in [0.2, 0.25) is 0 Å². The van der Waals surface area contributed by atoms with Crippen molar-refractivity contribution >= 4 is 44.6 Å². The monoisotopic (exact) mass is 503 g/mol. The molecular weight excluding hydrogens is 485 g/mol. The van der Waals surface area contributed by atoms with Crippen LogP contribution in [0.3, 0.4) is 0 Å². The molecule has 7 heteroatoms. The maximum absolute atomic E-state index is 12.8. The summed E-state index contributed by atoms with van der Waals surface area (Å²) in [7, 11) is 0. The van der Waals surface area contributed by atoms with E-state index in [1.54, 1.807) is 4.90 Å². The van der Waals surface area contributed by atoms with Gasteiger partial charge in [-0.25, -0.2) is 4.79 Å². The van der Waals surface area contributed by atoms with Crippen LogP contribution < -0.4 is 0 Å². The van der Waals surface area contributed by atoms with Gasteiger partial charge in [-0.15, -0.1) is 0 Å². The van der Waals surface area contributed by atoms with Crippen molar-refractivity contribution in [1.29, 1.82) is 0 Å². The third-order valence-corrected chi connectivity index (χ3v) is 6.12. The van der Waals surface area contributed by atoms with E-state index >= 15 is 0 Å². The van der Waals surface area contributed by atoms with Gasteiger partial charge in [0.1, 0.15) is 16.2 Å². The highest BCUT2D eigenvalue weighted by molar-refractivity contribution is 14.1. The molecule has 5 nitrogen and oxygen atoms in total. The summed E-state index contributed by atoms with van der Waals surface area (Å²) >= 11 is 5.79. The van der Waals surface area contributed by atoms with E-state index in [9.17, 15) is 4.79 Å². The normalized spacial score (nSPS) is 17.5. The topological polar surface area (TPSA) is 47.4 Å². The van der Waals surface area contributed by atoms with Gasteiger partial charge in [-0.05, 0) is 64.9 Å². The van der Waals surface area contributed by atoms with E-state index in [0.717, 1.165) is 19.4 Å². The number of aromatic nitrogens is 2. The Balaban J connectivity index is 2.07. The van der Waals surface area contributed by atoms with Crippen molar-refractivity contribution in [3.63, 3.8) is 0 Å². The van der Waals surface area contributed by atoms with E-state index in [2.05, 4.69) is 43.6 Å². The number of nitrogens with zero attached hydrogens (tertiary/aromatic N) is 3. The predicted octanol–water partition coefficient (Wildman–Crippen LogP) is 4.59. The van der Waals surface area contributed by atoms with Crippen molar-refractivity contribution in [3.05, 3.63) is 49.8 Å². The number of hydrogen-bond acceptors (Lipinski definition) is 3. The molecule has 0 fully saturated rings. The molecule has 2 heterocycles. The lowest BCUT2D eigenvalue weighted by Crippen LogP contribution is -2.45. The van der Waals surface area contributed by atoms with Crippen LogP contribution in [0.5, 0.6) is 0 Å². The minimum atomic E-state index is -0.524. The van der Waals surface area contributed by atoms with Gasteiger partial charge in [0.2, 0.25) is 0 Å². The van der Waals surface area contributed by atoms with Gasteiger partial charge in [-0.1, -0.05) is 30.3 Å².